The Labute approximate surface area is 78.2 Å². The van der Waals surface area contributed by atoms with Crippen molar-refractivity contribution >= 4 is 23.6 Å². The molecule has 1 rings (SSSR count). The number of carboxylic acid groups (broad SMARTS) is 1. The molecule has 1 heterocycles. The molecule has 1 aromatic rings. The zero-order chi connectivity index (χ0) is 9.90. The summed E-state index contributed by atoms with van der Waals surface area (Å²) in [7, 11) is 0. The van der Waals surface area contributed by atoms with Crippen LogP contribution >= 0.6 is 11.3 Å². The highest BCUT2D eigenvalue weighted by Crippen LogP contribution is 2.23. The normalized spacial score (nSPS) is 14.8. The Kier molecular flexibility index (Phi) is 2.74. The number of carbonyl (C=O) groups excluding carboxylic acids is 1. The maximum Gasteiger partial charge on any atom is 0.331 e. The monoisotopic (exact) mass is 200 g/mol. The van der Waals surface area contributed by atoms with Crippen molar-refractivity contribution in [3.63, 3.8) is 0 Å². The Morgan fingerprint density at radius 3 is 2.92 bits per heavy atom. The van der Waals surface area contributed by atoms with E-state index < -0.39 is 11.5 Å². The fourth-order valence-electron chi connectivity index (χ4n) is 0.841. The highest BCUT2D eigenvalue weighted by molar-refractivity contribution is 7.09. The van der Waals surface area contributed by atoms with Gasteiger partial charge in [-0.1, -0.05) is 0 Å². The topological polar surface area (TPSA) is 93.3 Å². The Balaban J connectivity index is 3.05. The smallest absolute Gasteiger partial charge is 0.331 e. The van der Waals surface area contributed by atoms with Crippen molar-refractivity contribution in [1.29, 1.82) is 0 Å². The van der Waals surface area contributed by atoms with Crippen molar-refractivity contribution in [1.82, 2.24) is 4.98 Å². The average molecular weight is 200 g/mol. The highest BCUT2D eigenvalue weighted by Gasteiger charge is 2.38. The predicted octanol–water partition coefficient (Wildman–Crippen LogP) is -0.0293. The minimum atomic E-state index is -1.67. The molecule has 5 nitrogen and oxygen atoms in total. The van der Waals surface area contributed by atoms with Gasteiger partial charge < -0.3 is 15.6 Å². The summed E-state index contributed by atoms with van der Waals surface area (Å²) in [6.07, 6.45) is 1.67. The van der Waals surface area contributed by atoms with E-state index in [1.807, 2.05) is 0 Å². The Morgan fingerprint density at radius 2 is 2.54 bits per heavy atom. The van der Waals surface area contributed by atoms with Gasteiger partial charge in [0.25, 0.3) is 0 Å². The molecule has 1 aromatic heterocycles. The molecular weight excluding hydrogens is 192 g/mol. The van der Waals surface area contributed by atoms with Crippen molar-refractivity contribution in [2.75, 3.05) is 0 Å². The van der Waals surface area contributed by atoms with E-state index in [0.29, 0.717) is 6.29 Å². The van der Waals surface area contributed by atoms with Gasteiger partial charge in [0.05, 0.1) is 0 Å². The van der Waals surface area contributed by atoms with Gasteiger partial charge in [0.2, 0.25) is 0 Å². The summed E-state index contributed by atoms with van der Waals surface area (Å²) >= 11 is 1.12. The molecule has 0 aliphatic heterocycles. The molecule has 0 fully saturated rings. The van der Waals surface area contributed by atoms with E-state index in [4.69, 9.17) is 10.8 Å². The first-order chi connectivity index (χ1) is 6.11. The number of nitrogens with zero attached hydrogens (tertiary/aromatic N) is 1. The molecule has 0 radical (unpaired) electrons. The van der Waals surface area contributed by atoms with Gasteiger partial charge in [0, 0.05) is 18.0 Å². The second-order valence-electron chi connectivity index (χ2n) is 2.48. The van der Waals surface area contributed by atoms with Gasteiger partial charge in [0.15, 0.2) is 5.54 Å². The van der Waals surface area contributed by atoms with E-state index in [2.05, 4.69) is 4.98 Å². The van der Waals surface area contributed by atoms with Crippen LogP contribution in [0.4, 0.5) is 0 Å². The first kappa shape index (κ1) is 9.82. The van der Waals surface area contributed by atoms with Crippen LogP contribution in [0.15, 0.2) is 11.6 Å². The molecule has 1 unspecified atom stereocenters. The van der Waals surface area contributed by atoms with Crippen LogP contribution in [-0.2, 0) is 15.1 Å². The largest absolute Gasteiger partial charge is 0.480 e. The summed E-state index contributed by atoms with van der Waals surface area (Å²) in [4.78, 5) is 24.8. The van der Waals surface area contributed by atoms with Crippen molar-refractivity contribution < 1.29 is 14.7 Å². The van der Waals surface area contributed by atoms with Gasteiger partial charge in [-0.2, -0.15) is 0 Å². The molecule has 0 spiro atoms. The fourth-order valence-corrected chi connectivity index (χ4v) is 1.59. The maximum absolute atomic E-state index is 10.8. The number of hydrogen-bond donors (Lipinski definition) is 2. The van der Waals surface area contributed by atoms with Crippen molar-refractivity contribution in [2.24, 2.45) is 5.73 Å². The van der Waals surface area contributed by atoms with Crippen LogP contribution < -0.4 is 5.73 Å². The zero-order valence-electron chi connectivity index (χ0n) is 6.64. The lowest BCUT2D eigenvalue weighted by molar-refractivity contribution is -0.144. The predicted molar refractivity (Wildman–Crippen MR) is 46.3 cm³/mol. The third kappa shape index (κ3) is 1.73. The number of hydrogen-bond acceptors (Lipinski definition) is 5. The Morgan fingerprint density at radius 1 is 1.85 bits per heavy atom. The third-order valence-electron chi connectivity index (χ3n) is 1.60. The van der Waals surface area contributed by atoms with Gasteiger partial charge in [-0.05, 0) is 0 Å². The second-order valence-corrected chi connectivity index (χ2v) is 3.38. The van der Waals surface area contributed by atoms with Gasteiger partial charge in [-0.25, -0.2) is 9.78 Å². The minimum absolute atomic E-state index is 0.243. The minimum Gasteiger partial charge on any atom is -0.480 e. The summed E-state index contributed by atoms with van der Waals surface area (Å²) < 4.78 is 0. The van der Waals surface area contributed by atoms with E-state index in [-0.39, 0.29) is 11.4 Å². The Bertz CT molecular complexity index is 312. The summed E-state index contributed by atoms with van der Waals surface area (Å²) in [5.74, 6) is -1.24. The molecule has 0 aliphatic carbocycles. The molecule has 13 heavy (non-hydrogen) atoms. The van der Waals surface area contributed by atoms with Crippen LogP contribution in [0.1, 0.15) is 11.4 Å². The van der Waals surface area contributed by atoms with Gasteiger partial charge >= 0.3 is 5.97 Å². The lowest BCUT2D eigenvalue weighted by atomic mass is 9.99. The quantitative estimate of drug-likeness (QED) is 0.666. The number of nitrogens with two attached hydrogens (primary N) is 1. The summed E-state index contributed by atoms with van der Waals surface area (Å²) in [5.41, 5.74) is 3.86. The summed E-state index contributed by atoms with van der Waals surface area (Å²) in [6, 6.07) is 0. The molecule has 0 saturated carbocycles. The van der Waals surface area contributed by atoms with Crippen molar-refractivity contribution in [2.45, 2.75) is 12.0 Å². The number of thiazole rings is 1. The lowest BCUT2D eigenvalue weighted by Gasteiger charge is -2.18. The molecule has 3 N–H and O–H groups in total. The standard InChI is InChI=1S/C7H8N2O3S/c8-7(1-3-10,6(11)12)5-9-2-4-13-5/h2-4H,1,8H2,(H,11,12). The van der Waals surface area contributed by atoms with Gasteiger partial charge in [-0.15, -0.1) is 11.3 Å². The second kappa shape index (κ2) is 3.63. The summed E-state index contributed by atoms with van der Waals surface area (Å²) in [6.45, 7) is 0. The third-order valence-corrected chi connectivity index (χ3v) is 2.55. The SMILES string of the molecule is NC(CC=O)(C(=O)O)c1nccs1. The number of aromatic nitrogens is 1. The number of aliphatic carboxylic acids is 1. The number of carboxylic acids is 1. The molecule has 1 atom stereocenters. The molecule has 0 aliphatic rings. The van der Waals surface area contributed by atoms with Crippen molar-refractivity contribution in [3.05, 3.63) is 16.6 Å². The zero-order valence-corrected chi connectivity index (χ0v) is 7.45. The van der Waals surface area contributed by atoms with E-state index in [1.54, 1.807) is 5.38 Å². The van der Waals surface area contributed by atoms with Crippen LogP contribution in [0.2, 0.25) is 0 Å². The van der Waals surface area contributed by atoms with Crippen LogP contribution in [-0.4, -0.2) is 22.3 Å². The molecule has 0 amide bonds. The molecular formula is C7H8N2O3S. The van der Waals surface area contributed by atoms with E-state index in [1.165, 1.54) is 6.20 Å². The van der Waals surface area contributed by atoms with E-state index in [0.717, 1.165) is 11.3 Å². The number of carbonyl (C=O) groups is 2. The highest BCUT2D eigenvalue weighted by atomic mass is 32.1. The maximum atomic E-state index is 10.8. The van der Waals surface area contributed by atoms with Crippen LogP contribution in [0.5, 0.6) is 0 Å². The van der Waals surface area contributed by atoms with E-state index in [9.17, 15) is 9.59 Å². The van der Waals surface area contributed by atoms with E-state index >= 15 is 0 Å². The van der Waals surface area contributed by atoms with Crippen LogP contribution in [0.25, 0.3) is 0 Å². The number of rotatable bonds is 4. The average Bonchev–Trinajstić information content (AvgIpc) is 2.56. The fraction of sp³-hybridized carbons (Fsp3) is 0.286. The van der Waals surface area contributed by atoms with Gasteiger partial charge in [0.1, 0.15) is 11.3 Å². The molecule has 0 bridgehead atoms. The summed E-state index contributed by atoms with van der Waals surface area (Å²) in [5, 5.41) is 10.7. The van der Waals surface area contributed by atoms with Crippen LogP contribution in [0.3, 0.4) is 0 Å². The van der Waals surface area contributed by atoms with Gasteiger partial charge in [-0.3, -0.25) is 0 Å². The van der Waals surface area contributed by atoms with Crippen LogP contribution in [0, 0.1) is 0 Å². The molecule has 0 aromatic carbocycles. The first-order valence-corrected chi connectivity index (χ1v) is 4.35. The number of aldehydes is 1. The van der Waals surface area contributed by atoms with Crippen molar-refractivity contribution in [3.8, 4) is 0 Å². The lowest BCUT2D eigenvalue weighted by Crippen LogP contribution is -2.45. The molecule has 0 saturated heterocycles. The first-order valence-electron chi connectivity index (χ1n) is 3.47. The molecule has 6 heteroatoms. The molecule has 70 valence electrons. The Hall–Kier alpha value is -1.27.